The van der Waals surface area contributed by atoms with Gasteiger partial charge in [-0.15, -0.1) is 0 Å². The molecule has 0 bridgehead atoms. The van der Waals surface area contributed by atoms with Gasteiger partial charge >= 0.3 is 0 Å². The van der Waals surface area contributed by atoms with Gasteiger partial charge in [0.05, 0.1) is 10.2 Å². The van der Waals surface area contributed by atoms with Crippen LogP contribution in [0.1, 0.15) is 35.7 Å². The van der Waals surface area contributed by atoms with Crippen LogP contribution in [-0.4, -0.2) is 56.1 Å². The second-order valence-electron chi connectivity index (χ2n) is 8.07. The standard InChI is InChI=1S/C23H28N4OS/c1-16(2)19-6-5-7-20-21(19)24-23(29-20)27-14-12-26(13-15-27)22(28)17-8-10-18(11-9-17)25(3)4/h5-11,16H,12-15H2,1-4H3. The van der Waals surface area contributed by atoms with Crippen LogP contribution in [0.25, 0.3) is 10.2 Å². The summed E-state index contributed by atoms with van der Waals surface area (Å²) in [4.78, 5) is 24.1. The second kappa shape index (κ2) is 8.03. The molecule has 1 saturated heterocycles. The highest BCUT2D eigenvalue weighted by Gasteiger charge is 2.24. The first-order valence-electron chi connectivity index (χ1n) is 10.1. The SMILES string of the molecule is CC(C)c1cccc2sc(N3CCN(C(=O)c4ccc(N(C)C)cc4)CC3)nc12. The van der Waals surface area contributed by atoms with E-state index >= 15 is 0 Å². The van der Waals surface area contributed by atoms with Crippen molar-refractivity contribution in [2.45, 2.75) is 19.8 Å². The Morgan fingerprint density at radius 3 is 2.34 bits per heavy atom. The molecule has 152 valence electrons. The smallest absolute Gasteiger partial charge is 0.253 e. The number of piperazine rings is 1. The summed E-state index contributed by atoms with van der Waals surface area (Å²) < 4.78 is 1.24. The molecule has 2 heterocycles. The molecule has 0 aliphatic carbocycles. The second-order valence-corrected chi connectivity index (χ2v) is 9.07. The Hall–Kier alpha value is -2.60. The summed E-state index contributed by atoms with van der Waals surface area (Å²) in [5.74, 6) is 0.573. The summed E-state index contributed by atoms with van der Waals surface area (Å²) in [5.41, 5.74) is 4.29. The quantitative estimate of drug-likeness (QED) is 0.639. The summed E-state index contributed by atoms with van der Waals surface area (Å²) in [7, 11) is 4.00. The van der Waals surface area contributed by atoms with Gasteiger partial charge in [-0.3, -0.25) is 4.79 Å². The average Bonchev–Trinajstić information content (AvgIpc) is 3.17. The van der Waals surface area contributed by atoms with Crippen molar-refractivity contribution in [1.82, 2.24) is 9.88 Å². The van der Waals surface area contributed by atoms with Gasteiger partial charge in [0.15, 0.2) is 5.13 Å². The molecule has 1 aromatic heterocycles. The van der Waals surface area contributed by atoms with E-state index in [1.54, 1.807) is 11.3 Å². The largest absolute Gasteiger partial charge is 0.378 e. The number of rotatable bonds is 4. The third-order valence-electron chi connectivity index (χ3n) is 5.53. The van der Waals surface area contributed by atoms with Crippen molar-refractivity contribution in [3.05, 3.63) is 53.6 Å². The van der Waals surface area contributed by atoms with Crippen LogP contribution in [0.4, 0.5) is 10.8 Å². The molecule has 2 aromatic carbocycles. The van der Waals surface area contributed by atoms with Crippen molar-refractivity contribution in [2.24, 2.45) is 0 Å². The number of hydrogen-bond acceptors (Lipinski definition) is 5. The molecule has 1 amide bonds. The van der Waals surface area contributed by atoms with Crippen LogP contribution >= 0.6 is 11.3 Å². The third-order valence-corrected chi connectivity index (χ3v) is 6.61. The Morgan fingerprint density at radius 1 is 1.03 bits per heavy atom. The molecule has 0 saturated carbocycles. The fraction of sp³-hybridized carbons (Fsp3) is 0.391. The predicted octanol–water partition coefficient (Wildman–Crippen LogP) is 4.45. The third kappa shape index (κ3) is 3.94. The van der Waals surface area contributed by atoms with Gasteiger partial charge in [-0.25, -0.2) is 4.98 Å². The van der Waals surface area contributed by atoms with E-state index in [2.05, 4.69) is 36.9 Å². The van der Waals surface area contributed by atoms with E-state index in [9.17, 15) is 4.79 Å². The average molecular weight is 409 g/mol. The number of para-hydroxylation sites is 1. The van der Waals surface area contributed by atoms with Crippen molar-refractivity contribution < 1.29 is 4.79 Å². The molecule has 0 spiro atoms. The molecule has 29 heavy (non-hydrogen) atoms. The van der Waals surface area contributed by atoms with E-state index < -0.39 is 0 Å². The molecule has 1 fully saturated rings. The highest BCUT2D eigenvalue weighted by molar-refractivity contribution is 7.22. The minimum atomic E-state index is 0.112. The Balaban J connectivity index is 1.44. The number of aromatic nitrogens is 1. The minimum absolute atomic E-state index is 0.112. The number of thiazole rings is 1. The molecule has 0 N–H and O–H groups in total. The maximum Gasteiger partial charge on any atom is 0.253 e. The van der Waals surface area contributed by atoms with Gasteiger partial charge in [0.25, 0.3) is 5.91 Å². The Labute approximate surface area is 176 Å². The molecule has 4 rings (SSSR count). The van der Waals surface area contributed by atoms with Crippen LogP contribution in [0.15, 0.2) is 42.5 Å². The maximum atomic E-state index is 12.9. The minimum Gasteiger partial charge on any atom is -0.378 e. The highest BCUT2D eigenvalue weighted by Crippen LogP contribution is 2.33. The normalized spacial score (nSPS) is 14.7. The van der Waals surface area contributed by atoms with Gasteiger partial charge in [-0.05, 0) is 41.8 Å². The lowest BCUT2D eigenvalue weighted by Crippen LogP contribution is -2.48. The van der Waals surface area contributed by atoms with E-state index in [0.717, 1.165) is 48.1 Å². The Morgan fingerprint density at radius 2 is 1.72 bits per heavy atom. The fourth-order valence-electron chi connectivity index (χ4n) is 3.74. The van der Waals surface area contributed by atoms with Crippen LogP contribution < -0.4 is 9.80 Å². The van der Waals surface area contributed by atoms with Gasteiger partial charge in [-0.1, -0.05) is 37.3 Å². The van der Waals surface area contributed by atoms with Crippen LogP contribution in [0.5, 0.6) is 0 Å². The Kier molecular flexibility index (Phi) is 5.46. The van der Waals surface area contributed by atoms with Crippen LogP contribution in [0.2, 0.25) is 0 Å². The summed E-state index contributed by atoms with van der Waals surface area (Å²) >= 11 is 1.75. The van der Waals surface area contributed by atoms with E-state index in [1.165, 1.54) is 10.3 Å². The molecule has 0 atom stereocenters. The van der Waals surface area contributed by atoms with E-state index in [4.69, 9.17) is 4.98 Å². The summed E-state index contributed by atoms with van der Waals surface area (Å²) in [6, 6.07) is 14.3. The van der Waals surface area contributed by atoms with E-state index in [1.807, 2.05) is 48.2 Å². The zero-order chi connectivity index (χ0) is 20.5. The molecule has 1 aliphatic rings. The van der Waals surface area contributed by atoms with E-state index in [-0.39, 0.29) is 5.91 Å². The number of hydrogen-bond donors (Lipinski definition) is 0. The molecule has 6 heteroatoms. The van der Waals surface area contributed by atoms with Crippen molar-refractivity contribution in [1.29, 1.82) is 0 Å². The lowest BCUT2D eigenvalue weighted by molar-refractivity contribution is 0.0747. The maximum absolute atomic E-state index is 12.9. The molecule has 0 unspecified atom stereocenters. The fourth-order valence-corrected chi connectivity index (χ4v) is 4.80. The zero-order valence-corrected chi connectivity index (χ0v) is 18.4. The summed E-state index contributed by atoms with van der Waals surface area (Å²) in [5, 5.41) is 1.07. The van der Waals surface area contributed by atoms with Crippen molar-refractivity contribution in [3.8, 4) is 0 Å². The van der Waals surface area contributed by atoms with Crippen molar-refractivity contribution in [3.63, 3.8) is 0 Å². The highest BCUT2D eigenvalue weighted by atomic mass is 32.1. The van der Waals surface area contributed by atoms with Crippen molar-refractivity contribution >= 4 is 38.3 Å². The number of nitrogens with zero attached hydrogens (tertiary/aromatic N) is 4. The number of amides is 1. The van der Waals surface area contributed by atoms with Crippen LogP contribution in [0, 0.1) is 0 Å². The van der Waals surface area contributed by atoms with Crippen molar-refractivity contribution in [2.75, 3.05) is 50.1 Å². The first-order chi connectivity index (χ1) is 13.9. The summed E-state index contributed by atoms with van der Waals surface area (Å²) in [6.45, 7) is 7.51. The molecule has 5 nitrogen and oxygen atoms in total. The zero-order valence-electron chi connectivity index (χ0n) is 17.6. The Bertz CT molecular complexity index is 1000. The van der Waals surface area contributed by atoms with Gasteiger partial charge in [0.1, 0.15) is 0 Å². The van der Waals surface area contributed by atoms with E-state index in [0.29, 0.717) is 5.92 Å². The van der Waals surface area contributed by atoms with Crippen LogP contribution in [-0.2, 0) is 0 Å². The molecule has 3 aromatic rings. The number of carbonyl (C=O) groups excluding carboxylic acids is 1. The number of fused-ring (bicyclic) bond motifs is 1. The first-order valence-corrected chi connectivity index (χ1v) is 11.0. The van der Waals surface area contributed by atoms with Gasteiger partial charge in [-0.2, -0.15) is 0 Å². The molecular formula is C23H28N4OS. The number of benzene rings is 2. The van der Waals surface area contributed by atoms with Gasteiger partial charge < -0.3 is 14.7 Å². The lowest BCUT2D eigenvalue weighted by atomic mass is 10.0. The van der Waals surface area contributed by atoms with Gasteiger partial charge in [0.2, 0.25) is 0 Å². The monoisotopic (exact) mass is 408 g/mol. The summed E-state index contributed by atoms with van der Waals surface area (Å²) in [6.07, 6.45) is 0. The van der Waals surface area contributed by atoms with Crippen LogP contribution in [0.3, 0.4) is 0 Å². The number of anilines is 2. The first kappa shape index (κ1) is 19.7. The predicted molar refractivity (Wildman–Crippen MR) is 123 cm³/mol. The lowest BCUT2D eigenvalue weighted by Gasteiger charge is -2.34. The van der Waals surface area contributed by atoms with Gasteiger partial charge in [0, 0.05) is 51.5 Å². The molecular weight excluding hydrogens is 380 g/mol. The molecule has 0 radical (unpaired) electrons. The topological polar surface area (TPSA) is 39.7 Å². The molecule has 1 aliphatic heterocycles. The number of carbonyl (C=O) groups is 1.